The number of hydrogen-bond acceptors (Lipinski definition) is 4. The van der Waals surface area contributed by atoms with Gasteiger partial charge in [0.15, 0.2) is 0 Å². The minimum Gasteiger partial charge on any atom is -0.337 e. The maximum absolute atomic E-state index is 13.3. The Balaban J connectivity index is 1.47. The molecule has 4 aromatic rings. The summed E-state index contributed by atoms with van der Waals surface area (Å²) < 4.78 is 28.1. The van der Waals surface area contributed by atoms with E-state index in [1.165, 1.54) is 42.5 Å². The van der Waals surface area contributed by atoms with E-state index >= 15 is 0 Å². The third-order valence-corrected chi connectivity index (χ3v) is 5.75. The summed E-state index contributed by atoms with van der Waals surface area (Å²) in [7, 11) is 0. The van der Waals surface area contributed by atoms with Gasteiger partial charge in [0.25, 0.3) is 11.8 Å². The van der Waals surface area contributed by atoms with Crippen molar-refractivity contribution in [1.29, 1.82) is 0 Å². The zero-order valence-corrected chi connectivity index (χ0v) is 19.1. The number of fused-ring (bicyclic) bond motifs is 1. The number of amides is 5. The molecule has 1 aliphatic rings. The standard InChI is InChI=1S/C27H18F2N4O4/c28-17-5-9-19(10-6-17)30-24(34)15-32-14-16(21-3-1-2-4-23(21)32)13-22-25(35)31-27(37)33(26(22)36)20-11-7-18(29)8-12-20/h1-14H,15H2,(H,30,34)(H,31,35,37). The van der Waals surface area contributed by atoms with E-state index in [2.05, 4.69) is 10.6 Å². The molecule has 0 atom stereocenters. The van der Waals surface area contributed by atoms with Crippen LogP contribution in [0.2, 0.25) is 0 Å². The van der Waals surface area contributed by atoms with E-state index in [-0.39, 0.29) is 23.7 Å². The summed E-state index contributed by atoms with van der Waals surface area (Å²) in [5.74, 6) is -3.08. The molecule has 5 amide bonds. The van der Waals surface area contributed by atoms with E-state index in [1.54, 1.807) is 35.0 Å². The molecule has 0 bridgehead atoms. The van der Waals surface area contributed by atoms with Gasteiger partial charge >= 0.3 is 6.03 Å². The molecular weight excluding hydrogens is 482 g/mol. The number of anilines is 2. The lowest BCUT2D eigenvalue weighted by Gasteiger charge is -2.26. The first-order valence-corrected chi connectivity index (χ1v) is 11.1. The number of imide groups is 2. The fraction of sp³-hybridized carbons (Fsp3) is 0.0370. The Morgan fingerprint density at radius 3 is 2.24 bits per heavy atom. The first-order chi connectivity index (χ1) is 17.8. The average Bonchev–Trinajstić information content (AvgIpc) is 3.21. The summed E-state index contributed by atoms with van der Waals surface area (Å²) in [6, 6.07) is 16.2. The highest BCUT2D eigenvalue weighted by Gasteiger charge is 2.37. The highest BCUT2D eigenvalue weighted by Crippen LogP contribution is 2.27. The number of barbiturate groups is 1. The molecule has 1 saturated heterocycles. The molecular formula is C27H18F2N4O4. The van der Waals surface area contributed by atoms with Gasteiger partial charge in [0.2, 0.25) is 5.91 Å². The molecule has 37 heavy (non-hydrogen) atoms. The molecule has 0 saturated carbocycles. The van der Waals surface area contributed by atoms with Crippen LogP contribution in [0.1, 0.15) is 5.56 Å². The van der Waals surface area contributed by atoms with Crippen LogP contribution in [0.25, 0.3) is 17.0 Å². The van der Waals surface area contributed by atoms with Crippen LogP contribution in [0.5, 0.6) is 0 Å². The number of nitrogens with zero attached hydrogens (tertiary/aromatic N) is 2. The summed E-state index contributed by atoms with van der Waals surface area (Å²) >= 11 is 0. The highest BCUT2D eigenvalue weighted by atomic mass is 19.1. The van der Waals surface area contributed by atoms with Crippen LogP contribution in [0.15, 0.2) is 84.6 Å². The van der Waals surface area contributed by atoms with E-state index in [4.69, 9.17) is 0 Å². The number of halogens is 2. The zero-order chi connectivity index (χ0) is 26.1. The predicted octanol–water partition coefficient (Wildman–Crippen LogP) is 4.22. The van der Waals surface area contributed by atoms with Crippen molar-refractivity contribution in [2.75, 3.05) is 10.2 Å². The van der Waals surface area contributed by atoms with Crippen molar-refractivity contribution >= 4 is 52.1 Å². The van der Waals surface area contributed by atoms with Gasteiger partial charge in [-0.25, -0.2) is 18.5 Å². The molecule has 1 aliphatic heterocycles. The molecule has 3 aromatic carbocycles. The molecule has 0 radical (unpaired) electrons. The fourth-order valence-corrected chi connectivity index (χ4v) is 4.05. The number of para-hydroxylation sites is 1. The number of urea groups is 1. The maximum Gasteiger partial charge on any atom is 0.335 e. The normalized spacial score (nSPS) is 14.8. The van der Waals surface area contributed by atoms with Crippen molar-refractivity contribution in [1.82, 2.24) is 9.88 Å². The quantitative estimate of drug-likeness (QED) is 0.317. The number of carbonyl (C=O) groups is 4. The second-order valence-corrected chi connectivity index (χ2v) is 8.22. The third kappa shape index (κ3) is 4.72. The predicted molar refractivity (Wildman–Crippen MR) is 132 cm³/mol. The molecule has 2 N–H and O–H groups in total. The molecule has 2 heterocycles. The maximum atomic E-state index is 13.3. The number of rotatable bonds is 5. The van der Waals surface area contributed by atoms with Crippen molar-refractivity contribution < 1.29 is 28.0 Å². The molecule has 0 spiro atoms. The molecule has 0 aliphatic carbocycles. The topological polar surface area (TPSA) is 101 Å². The molecule has 10 heteroatoms. The second kappa shape index (κ2) is 9.50. The lowest BCUT2D eigenvalue weighted by Crippen LogP contribution is -2.54. The molecule has 1 aromatic heterocycles. The van der Waals surface area contributed by atoms with E-state index in [1.807, 2.05) is 0 Å². The van der Waals surface area contributed by atoms with Crippen molar-refractivity contribution in [3.8, 4) is 0 Å². The van der Waals surface area contributed by atoms with Gasteiger partial charge in [0.05, 0.1) is 5.69 Å². The van der Waals surface area contributed by atoms with Crippen molar-refractivity contribution in [3.05, 3.63) is 102 Å². The van der Waals surface area contributed by atoms with Crippen LogP contribution in [0.3, 0.4) is 0 Å². The van der Waals surface area contributed by atoms with Crippen LogP contribution in [-0.4, -0.2) is 28.3 Å². The average molecular weight is 500 g/mol. The lowest BCUT2D eigenvalue weighted by atomic mass is 10.1. The molecule has 5 rings (SSSR count). The van der Waals surface area contributed by atoms with Gasteiger partial charge in [-0.2, -0.15) is 0 Å². The minimum atomic E-state index is -0.946. The first-order valence-electron chi connectivity index (χ1n) is 11.1. The van der Waals surface area contributed by atoms with Crippen LogP contribution in [0, 0.1) is 11.6 Å². The van der Waals surface area contributed by atoms with Gasteiger partial charge in [-0.1, -0.05) is 18.2 Å². The van der Waals surface area contributed by atoms with Gasteiger partial charge < -0.3 is 9.88 Å². The number of hydrogen-bond donors (Lipinski definition) is 2. The number of aromatic nitrogens is 1. The van der Waals surface area contributed by atoms with Gasteiger partial charge in [-0.05, 0) is 60.7 Å². The first kappa shape index (κ1) is 23.6. The summed E-state index contributed by atoms with van der Waals surface area (Å²) in [4.78, 5) is 51.5. The van der Waals surface area contributed by atoms with Gasteiger partial charge in [-0.3, -0.25) is 19.7 Å². The van der Waals surface area contributed by atoms with E-state index in [0.717, 1.165) is 17.0 Å². The Kier molecular flexibility index (Phi) is 6.06. The lowest BCUT2D eigenvalue weighted by molar-refractivity contribution is -0.122. The number of nitrogens with one attached hydrogen (secondary N) is 2. The Morgan fingerprint density at radius 1 is 0.892 bits per heavy atom. The fourth-order valence-electron chi connectivity index (χ4n) is 4.05. The Labute approximate surface area is 208 Å². The van der Waals surface area contributed by atoms with Gasteiger partial charge in [0.1, 0.15) is 23.8 Å². The zero-order valence-electron chi connectivity index (χ0n) is 19.1. The summed E-state index contributed by atoms with van der Waals surface area (Å²) in [5.41, 5.74) is 1.36. The Hall–Kier alpha value is -5.12. The Bertz CT molecular complexity index is 1590. The van der Waals surface area contributed by atoms with Crippen LogP contribution in [0.4, 0.5) is 25.0 Å². The molecule has 184 valence electrons. The summed E-state index contributed by atoms with van der Waals surface area (Å²) in [6.07, 6.45) is 2.96. The van der Waals surface area contributed by atoms with E-state index in [9.17, 15) is 28.0 Å². The van der Waals surface area contributed by atoms with Crippen LogP contribution in [-0.2, 0) is 20.9 Å². The monoisotopic (exact) mass is 500 g/mol. The highest BCUT2D eigenvalue weighted by molar-refractivity contribution is 6.39. The SMILES string of the molecule is O=C(Cn1cc(C=C2C(=O)NC(=O)N(c3ccc(F)cc3)C2=O)c2ccccc21)Nc1ccc(F)cc1. The largest absolute Gasteiger partial charge is 0.337 e. The van der Waals surface area contributed by atoms with Crippen molar-refractivity contribution in [2.24, 2.45) is 0 Å². The smallest absolute Gasteiger partial charge is 0.335 e. The Morgan fingerprint density at radius 2 is 1.54 bits per heavy atom. The van der Waals surface area contributed by atoms with Gasteiger partial charge in [0, 0.05) is 28.4 Å². The second-order valence-electron chi connectivity index (χ2n) is 8.22. The molecule has 0 unspecified atom stereocenters. The molecule has 1 fully saturated rings. The number of carbonyl (C=O) groups excluding carboxylic acids is 4. The number of benzene rings is 3. The summed E-state index contributed by atoms with van der Waals surface area (Å²) in [5, 5.41) is 5.48. The van der Waals surface area contributed by atoms with Crippen molar-refractivity contribution in [2.45, 2.75) is 6.54 Å². The van der Waals surface area contributed by atoms with Crippen molar-refractivity contribution in [3.63, 3.8) is 0 Å². The third-order valence-electron chi connectivity index (χ3n) is 5.75. The minimum absolute atomic E-state index is 0.0958. The van der Waals surface area contributed by atoms with Crippen LogP contribution < -0.4 is 15.5 Å². The van der Waals surface area contributed by atoms with Gasteiger partial charge in [-0.15, -0.1) is 0 Å². The molecule has 8 nitrogen and oxygen atoms in total. The van der Waals surface area contributed by atoms with E-state index in [0.29, 0.717) is 22.2 Å². The van der Waals surface area contributed by atoms with E-state index < -0.39 is 29.5 Å². The summed E-state index contributed by atoms with van der Waals surface area (Å²) in [6.45, 7) is -0.0958. The van der Waals surface area contributed by atoms with Crippen LogP contribution >= 0.6 is 0 Å².